The SMILES string of the molecule is COc1cc(C=C2SC(=NC3CCCCC3)N(C3CCCCC3)C2=O)c(Br)cc1OCc1ccc(C)cc1. The van der Waals surface area contributed by atoms with E-state index in [4.69, 9.17) is 14.5 Å². The Morgan fingerprint density at radius 1 is 1.00 bits per heavy atom. The maximum Gasteiger partial charge on any atom is 0.267 e. The van der Waals surface area contributed by atoms with Crippen molar-refractivity contribution < 1.29 is 14.3 Å². The number of benzene rings is 2. The van der Waals surface area contributed by atoms with E-state index in [-0.39, 0.29) is 11.9 Å². The molecule has 7 heteroatoms. The van der Waals surface area contributed by atoms with Gasteiger partial charge in [0.2, 0.25) is 0 Å². The number of ether oxygens (including phenoxy) is 2. The Morgan fingerprint density at radius 2 is 1.68 bits per heavy atom. The molecule has 1 amide bonds. The molecule has 5 nitrogen and oxygen atoms in total. The van der Waals surface area contributed by atoms with E-state index in [0.717, 1.165) is 51.4 Å². The van der Waals surface area contributed by atoms with E-state index in [9.17, 15) is 4.79 Å². The van der Waals surface area contributed by atoms with Crippen molar-refractivity contribution in [3.05, 3.63) is 62.5 Å². The Kier molecular flexibility index (Phi) is 9.16. The van der Waals surface area contributed by atoms with Crippen LogP contribution in [0.25, 0.3) is 6.08 Å². The van der Waals surface area contributed by atoms with Crippen molar-refractivity contribution in [2.24, 2.45) is 4.99 Å². The molecule has 1 saturated heterocycles. The number of thioether (sulfide) groups is 1. The first kappa shape index (κ1) is 27.3. The lowest BCUT2D eigenvalue weighted by atomic mass is 9.94. The van der Waals surface area contributed by atoms with Gasteiger partial charge in [-0.3, -0.25) is 14.7 Å². The fourth-order valence-electron chi connectivity index (χ4n) is 5.52. The van der Waals surface area contributed by atoms with Crippen LogP contribution in [0.15, 0.2) is 50.8 Å². The van der Waals surface area contributed by atoms with Crippen LogP contribution in [0.2, 0.25) is 0 Å². The third-order valence-electron chi connectivity index (χ3n) is 7.73. The number of rotatable bonds is 7. The van der Waals surface area contributed by atoms with Crippen LogP contribution in [-0.2, 0) is 11.4 Å². The highest BCUT2D eigenvalue weighted by Gasteiger charge is 2.39. The monoisotopic (exact) mass is 596 g/mol. The lowest BCUT2D eigenvalue weighted by Gasteiger charge is -2.31. The third kappa shape index (κ3) is 6.48. The van der Waals surface area contributed by atoms with Crippen LogP contribution in [0.5, 0.6) is 11.5 Å². The maximum absolute atomic E-state index is 13.8. The molecule has 0 radical (unpaired) electrons. The lowest BCUT2D eigenvalue weighted by molar-refractivity contribution is -0.124. The normalized spacial score (nSPS) is 21.4. The lowest BCUT2D eigenvalue weighted by Crippen LogP contribution is -2.41. The predicted octanol–water partition coefficient (Wildman–Crippen LogP) is 8.28. The number of aliphatic imine (C=N–C) groups is 1. The van der Waals surface area contributed by atoms with E-state index < -0.39 is 0 Å². The van der Waals surface area contributed by atoms with Crippen LogP contribution in [0.1, 0.15) is 80.9 Å². The van der Waals surface area contributed by atoms with Gasteiger partial charge in [-0.25, -0.2) is 0 Å². The van der Waals surface area contributed by atoms with Gasteiger partial charge >= 0.3 is 0 Å². The van der Waals surface area contributed by atoms with Gasteiger partial charge in [-0.05, 0) is 73.7 Å². The minimum Gasteiger partial charge on any atom is -0.493 e. The Balaban J connectivity index is 1.39. The molecular weight excluding hydrogens is 560 g/mol. The van der Waals surface area contributed by atoms with E-state index in [1.54, 1.807) is 7.11 Å². The van der Waals surface area contributed by atoms with Gasteiger partial charge in [0, 0.05) is 10.5 Å². The molecule has 2 aliphatic carbocycles. The summed E-state index contributed by atoms with van der Waals surface area (Å²) in [5.41, 5.74) is 3.21. The molecule has 2 aromatic rings. The van der Waals surface area contributed by atoms with Crippen molar-refractivity contribution in [1.82, 2.24) is 4.90 Å². The molecule has 3 fully saturated rings. The molecule has 0 spiro atoms. The third-order valence-corrected chi connectivity index (χ3v) is 9.41. The van der Waals surface area contributed by atoms with E-state index >= 15 is 0 Å². The van der Waals surface area contributed by atoms with Crippen molar-refractivity contribution in [2.45, 2.75) is 89.8 Å². The quantitative estimate of drug-likeness (QED) is 0.302. The molecule has 1 aliphatic heterocycles. The van der Waals surface area contributed by atoms with Gasteiger partial charge in [-0.1, -0.05) is 84.3 Å². The number of hydrogen-bond donors (Lipinski definition) is 0. The average Bonchev–Trinajstić information content (AvgIpc) is 3.24. The highest BCUT2D eigenvalue weighted by molar-refractivity contribution is 9.10. The van der Waals surface area contributed by atoms with Crippen LogP contribution in [0, 0.1) is 6.92 Å². The summed E-state index contributed by atoms with van der Waals surface area (Å²) >= 11 is 5.25. The molecule has 0 atom stereocenters. The topological polar surface area (TPSA) is 51.1 Å². The number of hydrogen-bond acceptors (Lipinski definition) is 5. The van der Waals surface area contributed by atoms with Gasteiger partial charge in [0.1, 0.15) is 6.61 Å². The molecule has 0 bridgehead atoms. The molecule has 38 heavy (non-hydrogen) atoms. The smallest absolute Gasteiger partial charge is 0.267 e. The van der Waals surface area contributed by atoms with Gasteiger partial charge in [0.05, 0.1) is 18.1 Å². The van der Waals surface area contributed by atoms with Crippen LogP contribution < -0.4 is 9.47 Å². The summed E-state index contributed by atoms with van der Waals surface area (Å²) in [5, 5.41) is 0.904. The minimum atomic E-state index is 0.0852. The first-order chi connectivity index (χ1) is 18.5. The van der Waals surface area contributed by atoms with E-state index in [0.29, 0.717) is 24.1 Å². The van der Waals surface area contributed by atoms with Crippen molar-refractivity contribution >= 4 is 44.8 Å². The summed E-state index contributed by atoms with van der Waals surface area (Å²) in [4.78, 5) is 21.7. The second-order valence-corrected chi connectivity index (χ2v) is 12.4. The second kappa shape index (κ2) is 12.7. The summed E-state index contributed by atoms with van der Waals surface area (Å²) < 4.78 is 12.6. The molecular formula is C31H37BrN2O3S. The van der Waals surface area contributed by atoms with Crippen LogP contribution in [0.3, 0.4) is 0 Å². The number of aryl methyl sites for hydroxylation is 1. The largest absolute Gasteiger partial charge is 0.493 e. The van der Waals surface area contributed by atoms with Gasteiger partial charge in [0.15, 0.2) is 16.7 Å². The van der Waals surface area contributed by atoms with Crippen molar-refractivity contribution in [3.8, 4) is 11.5 Å². The first-order valence-electron chi connectivity index (χ1n) is 13.9. The summed E-state index contributed by atoms with van der Waals surface area (Å²) in [6.45, 7) is 2.53. The number of nitrogens with zero attached hydrogens (tertiary/aromatic N) is 2. The minimum absolute atomic E-state index is 0.0852. The first-order valence-corrected chi connectivity index (χ1v) is 15.5. The molecule has 1 heterocycles. The Bertz CT molecular complexity index is 1200. The Morgan fingerprint density at radius 3 is 2.37 bits per heavy atom. The molecule has 3 aliphatic rings. The van der Waals surface area contributed by atoms with Crippen LogP contribution in [-0.4, -0.2) is 35.2 Å². The molecule has 5 rings (SSSR count). The van der Waals surface area contributed by atoms with Gasteiger partial charge in [-0.15, -0.1) is 0 Å². The van der Waals surface area contributed by atoms with Gasteiger partial charge in [0.25, 0.3) is 5.91 Å². The molecule has 202 valence electrons. The number of carbonyl (C=O) groups is 1. The second-order valence-electron chi connectivity index (χ2n) is 10.6. The average molecular weight is 598 g/mol. The highest BCUT2D eigenvalue weighted by atomic mass is 79.9. The molecule has 2 aromatic carbocycles. The maximum atomic E-state index is 13.8. The number of amides is 1. The summed E-state index contributed by atoms with van der Waals surface area (Å²) in [6.07, 6.45) is 13.7. The Labute approximate surface area is 239 Å². The number of halogens is 1. The van der Waals surface area contributed by atoms with Crippen LogP contribution >= 0.6 is 27.7 Å². The summed E-state index contributed by atoms with van der Waals surface area (Å²) in [7, 11) is 1.65. The van der Waals surface area contributed by atoms with Crippen molar-refractivity contribution in [2.75, 3.05) is 7.11 Å². The number of methoxy groups -OCH3 is 1. The van der Waals surface area contributed by atoms with E-state index in [1.165, 1.54) is 55.9 Å². The Hall–Kier alpha value is -2.25. The zero-order valence-corrected chi connectivity index (χ0v) is 24.8. The molecule has 0 aromatic heterocycles. The van der Waals surface area contributed by atoms with Crippen LogP contribution in [0.4, 0.5) is 0 Å². The zero-order chi connectivity index (χ0) is 26.5. The molecule has 0 unspecified atom stereocenters. The fourth-order valence-corrected chi connectivity index (χ4v) is 7.06. The predicted molar refractivity (Wildman–Crippen MR) is 160 cm³/mol. The van der Waals surface area contributed by atoms with Gasteiger partial charge < -0.3 is 9.47 Å². The van der Waals surface area contributed by atoms with Gasteiger partial charge in [-0.2, -0.15) is 0 Å². The number of amidine groups is 1. The van der Waals surface area contributed by atoms with Crippen molar-refractivity contribution in [1.29, 1.82) is 0 Å². The van der Waals surface area contributed by atoms with E-state index in [2.05, 4.69) is 47.1 Å². The number of carbonyl (C=O) groups excluding carboxylic acids is 1. The highest BCUT2D eigenvalue weighted by Crippen LogP contribution is 2.41. The summed E-state index contributed by atoms with van der Waals surface area (Å²) in [6, 6.07) is 12.8. The molecule has 2 saturated carbocycles. The molecule has 0 N–H and O–H groups in total. The zero-order valence-electron chi connectivity index (χ0n) is 22.4. The fraction of sp³-hybridized carbons (Fsp3) is 0.484. The summed E-state index contributed by atoms with van der Waals surface area (Å²) in [5.74, 6) is 1.39. The van der Waals surface area contributed by atoms with E-state index in [1.807, 2.05) is 23.1 Å². The van der Waals surface area contributed by atoms with Crippen molar-refractivity contribution in [3.63, 3.8) is 0 Å². The standard InChI is InChI=1S/C31H37BrN2O3S/c1-21-13-15-22(16-14-21)20-37-28-19-26(32)23(17-27(28)36-2)18-29-30(35)34(25-11-7-4-8-12-25)31(38-29)33-24-9-5-3-6-10-24/h13-19,24-25H,3-12,20H2,1-2H3.